The molecule has 4 rings (SSSR count). The van der Waals surface area contributed by atoms with Crippen LogP contribution in [0.5, 0.6) is 5.75 Å². The molecule has 3 N–H and O–H groups in total. The highest BCUT2D eigenvalue weighted by molar-refractivity contribution is 6.05. The van der Waals surface area contributed by atoms with Crippen LogP contribution < -0.4 is 15.8 Å². The Bertz CT molecular complexity index is 1250. The highest BCUT2D eigenvalue weighted by Crippen LogP contribution is 2.32. The van der Waals surface area contributed by atoms with Crippen molar-refractivity contribution in [3.05, 3.63) is 90.0 Å². The number of primary amides is 1. The van der Waals surface area contributed by atoms with E-state index in [1.54, 1.807) is 30.3 Å². The molecule has 0 aliphatic heterocycles. The molecule has 4 aromatic rings. The fourth-order valence-electron chi connectivity index (χ4n) is 3.21. The number of amides is 2. The molecule has 1 aromatic heterocycles. The molecule has 3 aromatic carbocycles. The number of hydrogen-bond acceptors (Lipinski definition) is 4. The van der Waals surface area contributed by atoms with Gasteiger partial charge in [0.2, 0.25) is 0 Å². The van der Waals surface area contributed by atoms with E-state index in [4.69, 9.17) is 15.5 Å². The van der Waals surface area contributed by atoms with Crippen molar-refractivity contribution in [2.45, 2.75) is 6.92 Å². The van der Waals surface area contributed by atoms with Gasteiger partial charge in [-0.05, 0) is 37.3 Å². The number of anilines is 1. The highest BCUT2D eigenvalue weighted by Gasteiger charge is 2.12. The van der Waals surface area contributed by atoms with Crippen LogP contribution in [0.4, 0.5) is 5.69 Å². The lowest BCUT2D eigenvalue weighted by Gasteiger charge is -2.12. The first kappa shape index (κ1) is 20.1. The summed E-state index contributed by atoms with van der Waals surface area (Å²) in [7, 11) is 0. The van der Waals surface area contributed by atoms with Gasteiger partial charge in [0.1, 0.15) is 5.75 Å². The predicted octanol–water partition coefficient (Wildman–Crippen LogP) is 4.33. The van der Waals surface area contributed by atoms with Gasteiger partial charge in [0.15, 0.2) is 6.61 Å². The average Bonchev–Trinajstić information content (AvgIpc) is 2.78. The molecular formula is C25H21N3O3. The monoisotopic (exact) mass is 411 g/mol. The molecule has 2 amide bonds. The summed E-state index contributed by atoms with van der Waals surface area (Å²) < 4.78 is 5.67. The molecule has 31 heavy (non-hydrogen) atoms. The molecule has 0 unspecified atom stereocenters. The van der Waals surface area contributed by atoms with E-state index >= 15 is 0 Å². The van der Waals surface area contributed by atoms with Crippen LogP contribution in [0.2, 0.25) is 0 Å². The van der Waals surface area contributed by atoms with E-state index in [1.807, 2.05) is 55.5 Å². The van der Waals surface area contributed by atoms with Crippen molar-refractivity contribution in [1.29, 1.82) is 0 Å². The summed E-state index contributed by atoms with van der Waals surface area (Å²) >= 11 is 0. The Kier molecular flexibility index (Phi) is 5.62. The second-order valence-electron chi connectivity index (χ2n) is 7.18. The van der Waals surface area contributed by atoms with Gasteiger partial charge >= 0.3 is 0 Å². The van der Waals surface area contributed by atoms with Gasteiger partial charge < -0.3 is 15.8 Å². The number of benzene rings is 3. The summed E-state index contributed by atoms with van der Waals surface area (Å²) in [5.74, 6) is -0.322. The molecule has 0 aliphatic carbocycles. The third-order valence-electron chi connectivity index (χ3n) is 4.78. The Labute approximate surface area is 179 Å². The molecule has 0 fully saturated rings. The second kappa shape index (κ2) is 8.67. The van der Waals surface area contributed by atoms with Crippen molar-refractivity contribution in [2.24, 2.45) is 5.73 Å². The smallest absolute Gasteiger partial charge is 0.255 e. The summed E-state index contributed by atoms with van der Waals surface area (Å²) in [5.41, 5.74) is 9.82. The maximum atomic E-state index is 12.6. The van der Waals surface area contributed by atoms with Crippen molar-refractivity contribution in [3.63, 3.8) is 0 Å². The largest absolute Gasteiger partial charge is 0.483 e. The summed E-state index contributed by atoms with van der Waals surface area (Å²) in [6.45, 7) is 1.71. The molecule has 6 heteroatoms. The van der Waals surface area contributed by atoms with Crippen molar-refractivity contribution in [3.8, 4) is 17.0 Å². The zero-order valence-corrected chi connectivity index (χ0v) is 17.0. The fourth-order valence-corrected chi connectivity index (χ4v) is 3.21. The van der Waals surface area contributed by atoms with Crippen LogP contribution in [-0.2, 0) is 4.79 Å². The van der Waals surface area contributed by atoms with E-state index in [-0.39, 0.29) is 12.5 Å². The number of aryl methyl sites for hydroxylation is 1. The first-order valence-corrected chi connectivity index (χ1v) is 9.79. The highest BCUT2D eigenvalue weighted by atomic mass is 16.5. The SMILES string of the molecule is Cc1ccc(C(=O)Nc2ccc3nc(-c4ccccc4)cc(OCC(N)=O)c3c2)cc1. The number of aromatic nitrogens is 1. The van der Waals surface area contributed by atoms with Gasteiger partial charge in [0.25, 0.3) is 11.8 Å². The van der Waals surface area contributed by atoms with Gasteiger partial charge in [-0.3, -0.25) is 9.59 Å². The van der Waals surface area contributed by atoms with Crippen molar-refractivity contribution in [1.82, 2.24) is 4.98 Å². The number of carbonyl (C=O) groups excluding carboxylic acids is 2. The van der Waals surface area contributed by atoms with E-state index in [0.717, 1.165) is 11.1 Å². The number of pyridine rings is 1. The van der Waals surface area contributed by atoms with Gasteiger partial charge in [0.05, 0.1) is 11.2 Å². The molecule has 0 saturated carbocycles. The third-order valence-corrected chi connectivity index (χ3v) is 4.78. The van der Waals surface area contributed by atoms with Gasteiger partial charge in [-0.25, -0.2) is 4.98 Å². The minimum absolute atomic E-state index is 0.215. The molecule has 0 spiro atoms. The van der Waals surface area contributed by atoms with Gasteiger partial charge in [-0.1, -0.05) is 48.0 Å². The Balaban J connectivity index is 1.71. The first-order valence-electron chi connectivity index (χ1n) is 9.79. The van der Waals surface area contributed by atoms with Crippen LogP contribution in [0.15, 0.2) is 78.9 Å². The Hall–Kier alpha value is -4.19. The van der Waals surface area contributed by atoms with Crippen LogP contribution in [0.25, 0.3) is 22.2 Å². The normalized spacial score (nSPS) is 10.6. The predicted molar refractivity (Wildman–Crippen MR) is 121 cm³/mol. The number of rotatable bonds is 6. The van der Waals surface area contributed by atoms with Gasteiger partial charge in [-0.2, -0.15) is 0 Å². The maximum absolute atomic E-state index is 12.6. The molecule has 0 saturated heterocycles. The Morgan fingerprint density at radius 2 is 1.71 bits per heavy atom. The van der Waals surface area contributed by atoms with E-state index in [9.17, 15) is 9.59 Å². The minimum Gasteiger partial charge on any atom is -0.483 e. The summed E-state index contributed by atoms with van der Waals surface area (Å²) in [5, 5.41) is 3.56. The number of carbonyl (C=O) groups is 2. The van der Waals surface area contributed by atoms with Crippen LogP contribution in [0.3, 0.4) is 0 Å². The number of nitrogens with one attached hydrogen (secondary N) is 1. The summed E-state index contributed by atoms with van der Waals surface area (Å²) in [6, 6.07) is 24.2. The average molecular weight is 411 g/mol. The molecule has 0 radical (unpaired) electrons. The van der Waals surface area contributed by atoms with Crippen molar-refractivity contribution in [2.75, 3.05) is 11.9 Å². The van der Waals surface area contributed by atoms with Crippen LogP contribution in [-0.4, -0.2) is 23.4 Å². The van der Waals surface area contributed by atoms with E-state index < -0.39 is 5.91 Å². The van der Waals surface area contributed by atoms with E-state index in [1.165, 1.54) is 0 Å². The molecule has 0 bridgehead atoms. The minimum atomic E-state index is -0.574. The standard InChI is InChI=1S/C25H21N3O3/c1-16-7-9-18(10-8-16)25(30)27-19-11-12-21-20(13-19)23(31-15-24(26)29)14-22(28-21)17-5-3-2-4-6-17/h2-14H,15H2,1H3,(H2,26,29)(H,27,30). The molecule has 154 valence electrons. The summed E-state index contributed by atoms with van der Waals surface area (Å²) in [6.07, 6.45) is 0. The van der Waals surface area contributed by atoms with Gasteiger partial charge in [-0.15, -0.1) is 0 Å². The van der Waals surface area contributed by atoms with E-state index in [0.29, 0.717) is 33.6 Å². The topological polar surface area (TPSA) is 94.3 Å². The molecular weight excluding hydrogens is 390 g/mol. The first-order chi connectivity index (χ1) is 15.0. The van der Waals surface area contributed by atoms with E-state index in [2.05, 4.69) is 5.32 Å². The van der Waals surface area contributed by atoms with Crippen molar-refractivity contribution >= 4 is 28.4 Å². The van der Waals surface area contributed by atoms with Crippen LogP contribution in [0, 0.1) is 6.92 Å². The molecule has 6 nitrogen and oxygen atoms in total. The zero-order chi connectivity index (χ0) is 21.8. The number of fused-ring (bicyclic) bond motifs is 1. The third kappa shape index (κ3) is 4.70. The number of hydrogen-bond donors (Lipinski definition) is 2. The lowest BCUT2D eigenvalue weighted by molar-refractivity contribution is -0.119. The molecule has 0 aliphatic rings. The molecule has 0 atom stereocenters. The van der Waals surface area contributed by atoms with Gasteiger partial charge in [0, 0.05) is 28.3 Å². The van der Waals surface area contributed by atoms with Crippen LogP contribution in [0.1, 0.15) is 15.9 Å². The Morgan fingerprint density at radius 1 is 0.968 bits per heavy atom. The lowest BCUT2D eigenvalue weighted by atomic mass is 10.1. The lowest BCUT2D eigenvalue weighted by Crippen LogP contribution is -2.20. The Morgan fingerprint density at radius 3 is 2.42 bits per heavy atom. The molecule has 1 heterocycles. The second-order valence-corrected chi connectivity index (χ2v) is 7.18. The van der Waals surface area contributed by atoms with Crippen molar-refractivity contribution < 1.29 is 14.3 Å². The quantitative estimate of drug-likeness (QED) is 0.494. The number of ether oxygens (including phenoxy) is 1. The number of nitrogens with two attached hydrogens (primary N) is 1. The number of nitrogens with zero attached hydrogens (tertiary/aromatic N) is 1. The van der Waals surface area contributed by atoms with Crippen LogP contribution >= 0.6 is 0 Å². The zero-order valence-electron chi connectivity index (χ0n) is 17.0. The fraction of sp³-hybridized carbons (Fsp3) is 0.0800. The maximum Gasteiger partial charge on any atom is 0.255 e. The summed E-state index contributed by atoms with van der Waals surface area (Å²) in [4.78, 5) is 28.6.